The number of ether oxygens (including phenoxy) is 2. The molecule has 0 bridgehead atoms. The number of urea groups is 1. The van der Waals surface area contributed by atoms with Gasteiger partial charge in [0.1, 0.15) is 11.5 Å². The van der Waals surface area contributed by atoms with E-state index in [-0.39, 0.29) is 12.0 Å². The van der Waals surface area contributed by atoms with E-state index in [4.69, 9.17) is 9.47 Å². The Balaban J connectivity index is 1.69. The summed E-state index contributed by atoms with van der Waals surface area (Å²) in [6.45, 7) is 7.63. The van der Waals surface area contributed by atoms with E-state index in [2.05, 4.69) is 25.2 Å². The molecule has 3 aromatic rings. The zero-order chi connectivity index (χ0) is 29.3. The van der Waals surface area contributed by atoms with Crippen LogP contribution in [0.3, 0.4) is 0 Å². The van der Waals surface area contributed by atoms with E-state index in [1.807, 2.05) is 78.6 Å². The zero-order valence-electron chi connectivity index (χ0n) is 24.7. The molecule has 3 rings (SSSR count). The van der Waals surface area contributed by atoms with Crippen molar-refractivity contribution < 1.29 is 19.1 Å². The minimum atomic E-state index is -0.218. The molecule has 1 N–H and O–H groups in total. The van der Waals surface area contributed by atoms with Gasteiger partial charge in [-0.3, -0.25) is 9.69 Å². The minimum Gasteiger partial charge on any atom is -0.494 e. The van der Waals surface area contributed by atoms with Gasteiger partial charge in [0, 0.05) is 34.1 Å². The number of benzene rings is 3. The highest BCUT2D eigenvalue weighted by molar-refractivity contribution is 7.99. The molecule has 0 aliphatic heterocycles. The Morgan fingerprint density at radius 3 is 2.17 bits per heavy atom. The van der Waals surface area contributed by atoms with E-state index >= 15 is 0 Å². The Kier molecular flexibility index (Phi) is 14.1. The van der Waals surface area contributed by atoms with Crippen molar-refractivity contribution in [2.45, 2.75) is 88.3 Å². The summed E-state index contributed by atoms with van der Waals surface area (Å²) in [4.78, 5) is 29.2. The van der Waals surface area contributed by atoms with Crippen LogP contribution >= 0.6 is 11.8 Å². The maximum Gasteiger partial charge on any atom is 0.326 e. The fourth-order valence-corrected chi connectivity index (χ4v) is 5.07. The first-order valence-corrected chi connectivity index (χ1v) is 15.7. The van der Waals surface area contributed by atoms with Crippen LogP contribution in [0.15, 0.2) is 82.6 Å². The number of nitrogens with one attached hydrogen (secondary N) is 1. The lowest BCUT2D eigenvalue weighted by atomic mass is 10.1. The predicted octanol–water partition coefficient (Wildman–Crippen LogP) is 9.73. The van der Waals surface area contributed by atoms with E-state index in [1.54, 1.807) is 11.8 Å². The zero-order valence-corrected chi connectivity index (χ0v) is 25.5. The van der Waals surface area contributed by atoms with Crippen LogP contribution in [0.4, 0.5) is 16.2 Å². The molecular formula is C34H44N2O4S. The van der Waals surface area contributed by atoms with Crippen LogP contribution in [0, 0.1) is 0 Å². The van der Waals surface area contributed by atoms with Gasteiger partial charge >= 0.3 is 12.0 Å². The Labute approximate surface area is 249 Å². The van der Waals surface area contributed by atoms with Crippen LogP contribution in [-0.2, 0) is 4.79 Å². The molecule has 41 heavy (non-hydrogen) atoms. The number of unbranched alkanes of at least 4 members (excludes halogenated alkanes) is 5. The molecule has 0 aromatic heterocycles. The first kappa shape index (κ1) is 32.1. The molecule has 0 radical (unpaired) electrons. The Morgan fingerprint density at radius 1 is 0.756 bits per heavy atom. The van der Waals surface area contributed by atoms with Crippen molar-refractivity contribution in [2.75, 3.05) is 23.4 Å². The van der Waals surface area contributed by atoms with Gasteiger partial charge in [-0.15, -0.1) is 0 Å². The monoisotopic (exact) mass is 576 g/mol. The van der Waals surface area contributed by atoms with Crippen molar-refractivity contribution in [3.8, 4) is 11.5 Å². The molecule has 0 saturated carbocycles. The number of carbonyl (C=O) groups excluding carboxylic acids is 2. The maximum atomic E-state index is 13.5. The number of rotatable bonds is 17. The van der Waals surface area contributed by atoms with Crippen LogP contribution in [-0.4, -0.2) is 25.2 Å². The second-order valence-electron chi connectivity index (χ2n) is 10.0. The SMILES string of the molecule is CCCCCCCN(C(=O)Nc1ccc(OCCCC)cc1)c1cccc(Sc2ccc(OC(=O)CCC)cc2)c1. The average molecular weight is 577 g/mol. The van der Waals surface area contributed by atoms with Crippen molar-refractivity contribution in [1.29, 1.82) is 0 Å². The van der Waals surface area contributed by atoms with Crippen LogP contribution in [0.2, 0.25) is 0 Å². The van der Waals surface area contributed by atoms with Crippen molar-refractivity contribution in [3.05, 3.63) is 72.8 Å². The molecule has 0 saturated heterocycles. The third-order valence-corrected chi connectivity index (χ3v) is 7.47. The van der Waals surface area contributed by atoms with Gasteiger partial charge < -0.3 is 14.8 Å². The topological polar surface area (TPSA) is 67.9 Å². The Morgan fingerprint density at radius 2 is 1.46 bits per heavy atom. The van der Waals surface area contributed by atoms with Crippen LogP contribution < -0.4 is 19.7 Å². The molecule has 0 spiro atoms. The number of carbonyl (C=O) groups is 2. The smallest absolute Gasteiger partial charge is 0.326 e. The van der Waals surface area contributed by atoms with Crippen molar-refractivity contribution in [3.63, 3.8) is 0 Å². The number of hydrogen-bond acceptors (Lipinski definition) is 5. The molecule has 0 unspecified atom stereocenters. The summed E-state index contributed by atoms with van der Waals surface area (Å²) in [6, 6.07) is 23.0. The number of esters is 1. The molecule has 0 atom stereocenters. The number of hydrogen-bond donors (Lipinski definition) is 1. The van der Waals surface area contributed by atoms with Gasteiger partial charge in [-0.1, -0.05) is 70.7 Å². The molecule has 7 heteroatoms. The van der Waals surface area contributed by atoms with Crippen LogP contribution in [0.25, 0.3) is 0 Å². The average Bonchev–Trinajstić information content (AvgIpc) is 2.97. The van der Waals surface area contributed by atoms with E-state index < -0.39 is 0 Å². The molecule has 6 nitrogen and oxygen atoms in total. The summed E-state index contributed by atoms with van der Waals surface area (Å²) >= 11 is 1.60. The van der Waals surface area contributed by atoms with Gasteiger partial charge in [0.25, 0.3) is 0 Å². The first-order valence-electron chi connectivity index (χ1n) is 14.9. The third-order valence-electron chi connectivity index (χ3n) is 6.48. The second-order valence-corrected chi connectivity index (χ2v) is 11.2. The summed E-state index contributed by atoms with van der Waals surface area (Å²) in [5, 5.41) is 3.07. The standard InChI is InChI=1S/C34H44N2O4S/c1-4-7-9-10-11-24-36(34(38)35-27-16-18-29(19-17-27)39-25-8-5-2)28-14-12-15-32(26-28)41-31-22-20-30(21-23-31)40-33(37)13-6-3/h12,14-23,26H,4-11,13,24-25H2,1-3H3,(H,35,38). The van der Waals surface area contributed by atoms with E-state index in [1.165, 1.54) is 19.3 Å². The van der Waals surface area contributed by atoms with Gasteiger partial charge in [-0.25, -0.2) is 4.79 Å². The summed E-state index contributed by atoms with van der Waals surface area (Å²) < 4.78 is 11.1. The van der Waals surface area contributed by atoms with E-state index in [0.29, 0.717) is 25.3 Å². The second kappa shape index (κ2) is 18.1. The lowest BCUT2D eigenvalue weighted by Gasteiger charge is -2.24. The van der Waals surface area contributed by atoms with Gasteiger partial charge in [0.15, 0.2) is 0 Å². The highest BCUT2D eigenvalue weighted by Crippen LogP contribution is 2.32. The van der Waals surface area contributed by atoms with Crippen LogP contribution in [0.5, 0.6) is 11.5 Å². The quantitative estimate of drug-likeness (QED) is 0.0984. The Hall–Kier alpha value is -3.45. The summed E-state index contributed by atoms with van der Waals surface area (Å²) in [5.41, 5.74) is 1.59. The number of nitrogens with zero attached hydrogens (tertiary/aromatic N) is 1. The predicted molar refractivity (Wildman–Crippen MR) is 170 cm³/mol. The van der Waals surface area contributed by atoms with E-state index in [9.17, 15) is 9.59 Å². The number of amides is 2. The van der Waals surface area contributed by atoms with Crippen molar-refractivity contribution in [1.82, 2.24) is 0 Å². The van der Waals surface area contributed by atoms with E-state index in [0.717, 1.165) is 59.0 Å². The summed E-state index contributed by atoms with van der Waals surface area (Å²) in [7, 11) is 0. The highest BCUT2D eigenvalue weighted by atomic mass is 32.2. The van der Waals surface area contributed by atoms with Gasteiger partial charge in [0.05, 0.1) is 6.61 Å². The molecule has 0 aliphatic carbocycles. The highest BCUT2D eigenvalue weighted by Gasteiger charge is 2.17. The van der Waals surface area contributed by atoms with Gasteiger partial charge in [-0.2, -0.15) is 0 Å². The molecule has 2 amide bonds. The third kappa shape index (κ3) is 11.5. The molecule has 0 aliphatic rings. The molecule has 0 fully saturated rings. The van der Waals surface area contributed by atoms with Gasteiger partial charge in [-0.05, 0) is 86.0 Å². The molecule has 0 heterocycles. The molecular weight excluding hydrogens is 532 g/mol. The summed E-state index contributed by atoms with van der Waals surface area (Å²) in [5.74, 6) is 1.14. The van der Waals surface area contributed by atoms with Gasteiger partial charge in [0.2, 0.25) is 0 Å². The summed E-state index contributed by atoms with van der Waals surface area (Å²) in [6.07, 6.45) is 8.87. The van der Waals surface area contributed by atoms with Crippen LogP contribution in [0.1, 0.15) is 78.6 Å². The fourth-order valence-electron chi connectivity index (χ4n) is 4.19. The lowest BCUT2D eigenvalue weighted by Crippen LogP contribution is -2.35. The Bertz CT molecular complexity index is 1200. The number of anilines is 2. The van der Waals surface area contributed by atoms with Crippen molar-refractivity contribution >= 4 is 35.1 Å². The van der Waals surface area contributed by atoms with Crippen molar-refractivity contribution in [2.24, 2.45) is 0 Å². The molecule has 220 valence electrons. The fraction of sp³-hybridized carbons (Fsp3) is 0.412. The normalized spacial score (nSPS) is 10.7. The largest absolute Gasteiger partial charge is 0.494 e. The minimum absolute atomic E-state index is 0.152. The molecule has 3 aromatic carbocycles. The first-order chi connectivity index (χ1) is 20.0. The maximum absolute atomic E-state index is 13.5. The lowest BCUT2D eigenvalue weighted by molar-refractivity contribution is -0.134.